The summed E-state index contributed by atoms with van der Waals surface area (Å²) in [6, 6.07) is 0. The monoisotopic (exact) mass is 192 g/mol. The SMILES string of the molecule is NN1CCOC(C2=CC=CC=CC2)C1. The van der Waals surface area contributed by atoms with Crippen LogP contribution in [-0.2, 0) is 4.74 Å². The van der Waals surface area contributed by atoms with Gasteiger partial charge in [-0.05, 0) is 12.0 Å². The van der Waals surface area contributed by atoms with E-state index in [-0.39, 0.29) is 6.10 Å². The van der Waals surface area contributed by atoms with Crippen molar-refractivity contribution < 1.29 is 4.74 Å². The van der Waals surface area contributed by atoms with Gasteiger partial charge in [0.25, 0.3) is 0 Å². The molecule has 0 bridgehead atoms. The summed E-state index contributed by atoms with van der Waals surface area (Å²) in [6.07, 6.45) is 11.6. The molecule has 0 saturated carbocycles. The Kier molecular flexibility index (Phi) is 3.14. The Labute approximate surface area is 84.5 Å². The van der Waals surface area contributed by atoms with Gasteiger partial charge in [0, 0.05) is 13.1 Å². The number of allylic oxidation sites excluding steroid dienone is 5. The standard InChI is InChI=1S/C11H16N2O/c12-13-7-8-14-11(9-13)10-5-3-1-2-4-6-10/h1-5,11H,6-9,12H2. The number of nitrogens with zero attached hydrogens (tertiary/aromatic N) is 1. The molecular weight excluding hydrogens is 176 g/mol. The third-order valence-electron chi connectivity index (χ3n) is 2.53. The highest BCUT2D eigenvalue weighted by molar-refractivity contribution is 5.26. The molecule has 0 radical (unpaired) electrons. The van der Waals surface area contributed by atoms with Gasteiger partial charge in [0.1, 0.15) is 0 Å². The molecular formula is C11H16N2O. The molecule has 1 unspecified atom stereocenters. The van der Waals surface area contributed by atoms with E-state index in [1.54, 1.807) is 0 Å². The number of rotatable bonds is 1. The zero-order valence-corrected chi connectivity index (χ0v) is 8.23. The van der Waals surface area contributed by atoms with E-state index in [9.17, 15) is 0 Å². The molecule has 2 aliphatic rings. The van der Waals surface area contributed by atoms with E-state index in [0.717, 1.165) is 26.1 Å². The lowest BCUT2D eigenvalue weighted by Gasteiger charge is -2.30. The molecule has 76 valence electrons. The lowest BCUT2D eigenvalue weighted by Crippen LogP contribution is -2.46. The number of hydrogen-bond donors (Lipinski definition) is 1. The van der Waals surface area contributed by atoms with Crippen molar-refractivity contribution in [2.45, 2.75) is 12.5 Å². The van der Waals surface area contributed by atoms with Crippen LogP contribution < -0.4 is 5.84 Å². The van der Waals surface area contributed by atoms with Gasteiger partial charge in [-0.1, -0.05) is 30.4 Å². The minimum atomic E-state index is 0.168. The number of hydrazine groups is 1. The number of morpholine rings is 1. The van der Waals surface area contributed by atoms with E-state index in [0.29, 0.717) is 0 Å². The maximum atomic E-state index is 5.76. The van der Waals surface area contributed by atoms with E-state index in [1.165, 1.54) is 5.57 Å². The molecule has 0 aromatic rings. The minimum absolute atomic E-state index is 0.168. The van der Waals surface area contributed by atoms with Gasteiger partial charge < -0.3 is 4.74 Å². The Bertz CT molecular complexity index is 281. The Balaban J connectivity index is 2.03. The van der Waals surface area contributed by atoms with Crippen molar-refractivity contribution >= 4 is 0 Å². The topological polar surface area (TPSA) is 38.5 Å². The van der Waals surface area contributed by atoms with Crippen molar-refractivity contribution in [1.82, 2.24) is 5.01 Å². The summed E-state index contributed by atoms with van der Waals surface area (Å²) in [6.45, 7) is 2.36. The summed E-state index contributed by atoms with van der Waals surface area (Å²) in [5.41, 5.74) is 1.31. The fraction of sp³-hybridized carbons (Fsp3) is 0.455. The maximum absolute atomic E-state index is 5.76. The van der Waals surface area contributed by atoms with Crippen molar-refractivity contribution in [3.05, 3.63) is 36.0 Å². The van der Waals surface area contributed by atoms with Crippen molar-refractivity contribution in [2.75, 3.05) is 19.7 Å². The van der Waals surface area contributed by atoms with Crippen LogP contribution in [0.25, 0.3) is 0 Å². The average Bonchev–Trinajstić information content (AvgIpc) is 2.45. The molecule has 1 saturated heterocycles. The second kappa shape index (κ2) is 4.55. The van der Waals surface area contributed by atoms with Gasteiger partial charge in [0.15, 0.2) is 0 Å². The van der Waals surface area contributed by atoms with Gasteiger partial charge in [-0.3, -0.25) is 5.84 Å². The molecule has 0 aromatic carbocycles. The van der Waals surface area contributed by atoms with Crippen molar-refractivity contribution in [2.24, 2.45) is 5.84 Å². The van der Waals surface area contributed by atoms with Crippen molar-refractivity contribution in [3.8, 4) is 0 Å². The molecule has 2 N–H and O–H groups in total. The minimum Gasteiger partial charge on any atom is -0.371 e. The average molecular weight is 192 g/mol. The Morgan fingerprint density at radius 2 is 2.29 bits per heavy atom. The fourth-order valence-electron chi connectivity index (χ4n) is 1.73. The van der Waals surface area contributed by atoms with Crippen molar-refractivity contribution in [3.63, 3.8) is 0 Å². The first-order chi connectivity index (χ1) is 6.86. The predicted molar refractivity (Wildman–Crippen MR) is 56.5 cm³/mol. The largest absolute Gasteiger partial charge is 0.371 e. The van der Waals surface area contributed by atoms with Crippen LogP contribution in [0.2, 0.25) is 0 Å². The molecule has 2 rings (SSSR count). The molecule has 3 nitrogen and oxygen atoms in total. The van der Waals surface area contributed by atoms with Gasteiger partial charge in [-0.25, -0.2) is 5.01 Å². The summed E-state index contributed by atoms with van der Waals surface area (Å²) >= 11 is 0. The second-order valence-corrected chi connectivity index (χ2v) is 3.61. The number of hydrogen-bond acceptors (Lipinski definition) is 3. The van der Waals surface area contributed by atoms with Crippen LogP contribution in [-0.4, -0.2) is 30.8 Å². The summed E-state index contributed by atoms with van der Waals surface area (Å²) in [4.78, 5) is 0. The molecule has 1 atom stereocenters. The molecule has 0 spiro atoms. The summed E-state index contributed by atoms with van der Waals surface area (Å²) in [7, 11) is 0. The van der Waals surface area contributed by atoms with E-state index in [4.69, 9.17) is 10.6 Å². The van der Waals surface area contributed by atoms with Crippen LogP contribution in [0.15, 0.2) is 36.0 Å². The highest BCUT2D eigenvalue weighted by atomic mass is 16.5. The van der Waals surface area contributed by atoms with Gasteiger partial charge in [-0.2, -0.15) is 0 Å². The molecule has 3 heteroatoms. The molecule has 1 aliphatic heterocycles. The smallest absolute Gasteiger partial charge is 0.0932 e. The highest BCUT2D eigenvalue weighted by Crippen LogP contribution is 2.17. The first-order valence-corrected chi connectivity index (χ1v) is 5.00. The lowest BCUT2D eigenvalue weighted by molar-refractivity contribution is -0.0103. The zero-order valence-electron chi connectivity index (χ0n) is 8.23. The molecule has 1 aliphatic carbocycles. The first kappa shape index (κ1) is 9.65. The second-order valence-electron chi connectivity index (χ2n) is 3.61. The third kappa shape index (κ3) is 2.32. The van der Waals surface area contributed by atoms with Crippen LogP contribution in [0.3, 0.4) is 0 Å². The van der Waals surface area contributed by atoms with E-state index in [1.807, 2.05) is 11.1 Å². The fourth-order valence-corrected chi connectivity index (χ4v) is 1.73. The summed E-state index contributed by atoms with van der Waals surface area (Å²) < 4.78 is 5.69. The van der Waals surface area contributed by atoms with Gasteiger partial charge in [0.2, 0.25) is 0 Å². The van der Waals surface area contributed by atoms with Crippen LogP contribution in [0, 0.1) is 0 Å². The number of nitrogens with two attached hydrogens (primary N) is 1. The van der Waals surface area contributed by atoms with Gasteiger partial charge in [0.05, 0.1) is 12.7 Å². The van der Waals surface area contributed by atoms with Crippen LogP contribution in [0.1, 0.15) is 6.42 Å². The summed E-state index contributed by atoms with van der Waals surface area (Å²) in [5.74, 6) is 5.76. The maximum Gasteiger partial charge on any atom is 0.0932 e. The lowest BCUT2D eigenvalue weighted by atomic mass is 10.1. The zero-order chi connectivity index (χ0) is 9.80. The van der Waals surface area contributed by atoms with Crippen LogP contribution in [0.4, 0.5) is 0 Å². The van der Waals surface area contributed by atoms with Crippen LogP contribution in [0.5, 0.6) is 0 Å². The Hall–Kier alpha value is -0.900. The van der Waals surface area contributed by atoms with E-state index >= 15 is 0 Å². The predicted octanol–water partition coefficient (Wildman–Crippen LogP) is 1.00. The van der Waals surface area contributed by atoms with Crippen LogP contribution >= 0.6 is 0 Å². The molecule has 0 amide bonds. The number of ether oxygens (including phenoxy) is 1. The molecule has 0 aromatic heterocycles. The van der Waals surface area contributed by atoms with Gasteiger partial charge in [-0.15, -0.1) is 0 Å². The molecule has 1 heterocycles. The highest BCUT2D eigenvalue weighted by Gasteiger charge is 2.20. The first-order valence-electron chi connectivity index (χ1n) is 5.00. The quantitative estimate of drug-likeness (QED) is 0.630. The normalized spacial score (nSPS) is 28.6. The van der Waals surface area contributed by atoms with E-state index in [2.05, 4.69) is 24.3 Å². The Morgan fingerprint density at radius 3 is 3.14 bits per heavy atom. The van der Waals surface area contributed by atoms with Crippen molar-refractivity contribution in [1.29, 1.82) is 0 Å². The van der Waals surface area contributed by atoms with Gasteiger partial charge >= 0.3 is 0 Å². The molecule has 14 heavy (non-hydrogen) atoms. The Morgan fingerprint density at radius 1 is 1.36 bits per heavy atom. The molecule has 1 fully saturated rings. The third-order valence-corrected chi connectivity index (χ3v) is 2.53. The summed E-state index contributed by atoms with van der Waals surface area (Å²) in [5, 5.41) is 1.83. The van der Waals surface area contributed by atoms with E-state index < -0.39 is 0 Å².